The number of nitro benzene ring substituents is 1. The van der Waals surface area contributed by atoms with Gasteiger partial charge in [0.2, 0.25) is 10.0 Å². The van der Waals surface area contributed by atoms with Crippen LogP contribution in [-0.4, -0.2) is 32.5 Å². The first-order valence-electron chi connectivity index (χ1n) is 6.07. The van der Waals surface area contributed by atoms with Crippen molar-refractivity contribution >= 4 is 44.0 Å². The Morgan fingerprint density at radius 2 is 1.95 bits per heavy atom. The van der Waals surface area contributed by atoms with Crippen LogP contribution in [-0.2, 0) is 10.0 Å². The summed E-state index contributed by atoms with van der Waals surface area (Å²) in [4.78, 5) is 10.0. The number of hydrogen-bond acceptors (Lipinski definition) is 5. The summed E-state index contributed by atoms with van der Waals surface area (Å²) in [5.74, 6) is 0. The van der Waals surface area contributed by atoms with Gasteiger partial charge < -0.3 is 5.32 Å². The number of benzene rings is 1. The molecule has 10 heteroatoms. The summed E-state index contributed by atoms with van der Waals surface area (Å²) in [5.41, 5.74) is -0.430. The summed E-state index contributed by atoms with van der Waals surface area (Å²) in [7, 11) is -3.89. The van der Waals surface area contributed by atoms with Crippen molar-refractivity contribution in [2.45, 2.75) is 23.8 Å². The maximum absolute atomic E-state index is 12.3. The van der Waals surface area contributed by atoms with E-state index in [4.69, 9.17) is 0 Å². The maximum Gasteiger partial charge on any atom is 0.290 e. The van der Waals surface area contributed by atoms with E-state index < -0.39 is 20.6 Å². The average molecular weight is 401 g/mol. The standard InChI is InChI=1S/C11H14BrN3O4S.ClH/c12-8-1-2-11(10(7-8)15(16)17)20(18,19)14-9-3-5-13-6-4-9;/h1-2,7,9,13-14H,3-6H2;1H. The summed E-state index contributed by atoms with van der Waals surface area (Å²) >= 11 is 3.10. The molecule has 0 aliphatic carbocycles. The van der Waals surface area contributed by atoms with E-state index in [-0.39, 0.29) is 23.3 Å². The highest BCUT2D eigenvalue weighted by molar-refractivity contribution is 9.10. The van der Waals surface area contributed by atoms with Gasteiger partial charge in [0.1, 0.15) is 0 Å². The molecule has 1 fully saturated rings. The van der Waals surface area contributed by atoms with Crippen molar-refractivity contribution in [1.82, 2.24) is 10.0 Å². The summed E-state index contributed by atoms with van der Waals surface area (Å²) < 4.78 is 27.6. The second-order valence-corrected chi connectivity index (χ2v) is 7.11. The molecule has 1 aromatic rings. The quantitative estimate of drug-likeness (QED) is 0.593. The van der Waals surface area contributed by atoms with Gasteiger partial charge in [-0.15, -0.1) is 12.4 Å². The minimum atomic E-state index is -3.89. The fraction of sp³-hybridized carbons (Fsp3) is 0.455. The minimum absolute atomic E-state index is 0. The Bertz CT molecular complexity index is 620. The van der Waals surface area contributed by atoms with E-state index in [0.717, 1.165) is 13.1 Å². The van der Waals surface area contributed by atoms with Gasteiger partial charge in [-0.1, -0.05) is 15.9 Å². The van der Waals surface area contributed by atoms with E-state index in [9.17, 15) is 18.5 Å². The molecule has 0 amide bonds. The lowest BCUT2D eigenvalue weighted by molar-refractivity contribution is -0.387. The molecule has 1 heterocycles. The van der Waals surface area contributed by atoms with Gasteiger partial charge in [0, 0.05) is 16.6 Å². The predicted octanol–water partition coefficient (Wildman–Crippen LogP) is 1.81. The van der Waals surface area contributed by atoms with Crippen LogP contribution >= 0.6 is 28.3 Å². The minimum Gasteiger partial charge on any atom is -0.317 e. The number of rotatable bonds is 4. The second kappa shape index (κ2) is 7.50. The van der Waals surface area contributed by atoms with E-state index in [2.05, 4.69) is 26.0 Å². The molecule has 0 radical (unpaired) electrons. The van der Waals surface area contributed by atoms with Crippen molar-refractivity contribution in [3.8, 4) is 0 Å². The average Bonchev–Trinajstić information content (AvgIpc) is 2.38. The number of nitrogens with zero attached hydrogens (tertiary/aromatic N) is 1. The Balaban J connectivity index is 0.00000220. The normalized spacial score (nSPS) is 16.2. The van der Waals surface area contributed by atoms with E-state index >= 15 is 0 Å². The molecular formula is C11H15BrClN3O4S. The van der Waals surface area contributed by atoms with Crippen molar-refractivity contribution in [1.29, 1.82) is 0 Å². The highest BCUT2D eigenvalue weighted by atomic mass is 79.9. The molecule has 0 saturated carbocycles. The van der Waals surface area contributed by atoms with Gasteiger partial charge in [0.25, 0.3) is 5.69 Å². The Labute approximate surface area is 137 Å². The van der Waals surface area contributed by atoms with Crippen LogP contribution in [0.5, 0.6) is 0 Å². The van der Waals surface area contributed by atoms with Gasteiger partial charge in [0.05, 0.1) is 4.92 Å². The lowest BCUT2D eigenvalue weighted by Crippen LogP contribution is -2.42. The summed E-state index contributed by atoms with van der Waals surface area (Å²) in [6.07, 6.45) is 1.34. The molecular weight excluding hydrogens is 386 g/mol. The molecule has 0 unspecified atom stereocenters. The lowest BCUT2D eigenvalue weighted by Gasteiger charge is -2.23. The fourth-order valence-corrected chi connectivity index (χ4v) is 3.89. The molecule has 0 atom stereocenters. The first kappa shape index (κ1) is 18.3. The number of sulfonamides is 1. The first-order chi connectivity index (χ1) is 9.40. The number of nitro groups is 1. The lowest BCUT2D eigenvalue weighted by atomic mass is 10.1. The van der Waals surface area contributed by atoms with Crippen LogP contribution in [0.3, 0.4) is 0 Å². The SMILES string of the molecule is Cl.O=[N+]([O-])c1cc(Br)ccc1S(=O)(=O)NC1CCNCC1. The molecule has 0 bridgehead atoms. The number of nitrogens with one attached hydrogen (secondary N) is 2. The Morgan fingerprint density at radius 3 is 2.52 bits per heavy atom. The Hall–Kier alpha value is -0.740. The zero-order chi connectivity index (χ0) is 14.8. The molecule has 2 rings (SSSR count). The highest BCUT2D eigenvalue weighted by Crippen LogP contribution is 2.27. The van der Waals surface area contributed by atoms with E-state index in [0.29, 0.717) is 17.3 Å². The molecule has 1 aliphatic heterocycles. The van der Waals surface area contributed by atoms with Crippen molar-refractivity contribution in [3.05, 3.63) is 32.8 Å². The van der Waals surface area contributed by atoms with Crippen molar-refractivity contribution in [2.24, 2.45) is 0 Å². The van der Waals surface area contributed by atoms with Gasteiger partial charge in [-0.25, -0.2) is 13.1 Å². The maximum atomic E-state index is 12.3. The summed E-state index contributed by atoms with van der Waals surface area (Å²) in [6.45, 7) is 1.46. The fourth-order valence-electron chi connectivity index (χ4n) is 2.08. The third-order valence-corrected chi connectivity index (χ3v) is 5.13. The van der Waals surface area contributed by atoms with Gasteiger partial charge >= 0.3 is 0 Å². The number of piperidine rings is 1. The van der Waals surface area contributed by atoms with E-state index in [1.165, 1.54) is 18.2 Å². The van der Waals surface area contributed by atoms with Crippen LogP contribution in [0.2, 0.25) is 0 Å². The van der Waals surface area contributed by atoms with Gasteiger partial charge in [0.15, 0.2) is 4.90 Å². The zero-order valence-corrected chi connectivity index (χ0v) is 14.1. The predicted molar refractivity (Wildman–Crippen MR) is 84.3 cm³/mol. The van der Waals surface area contributed by atoms with Gasteiger partial charge in [-0.2, -0.15) is 0 Å². The van der Waals surface area contributed by atoms with E-state index in [1.807, 2.05) is 0 Å². The van der Waals surface area contributed by atoms with Gasteiger partial charge in [-0.3, -0.25) is 10.1 Å². The van der Waals surface area contributed by atoms with Crippen LogP contribution in [0.4, 0.5) is 5.69 Å². The summed E-state index contributed by atoms with van der Waals surface area (Å²) in [5, 5.41) is 14.1. The van der Waals surface area contributed by atoms with Crippen molar-refractivity contribution in [2.75, 3.05) is 13.1 Å². The largest absolute Gasteiger partial charge is 0.317 e. The highest BCUT2D eigenvalue weighted by Gasteiger charge is 2.28. The van der Waals surface area contributed by atoms with Crippen LogP contribution < -0.4 is 10.0 Å². The number of hydrogen-bond donors (Lipinski definition) is 2. The smallest absolute Gasteiger partial charge is 0.290 e. The number of halogens is 2. The third kappa shape index (κ3) is 4.62. The van der Waals surface area contributed by atoms with E-state index in [1.54, 1.807) is 0 Å². The van der Waals surface area contributed by atoms with Crippen LogP contribution in [0.1, 0.15) is 12.8 Å². The molecule has 0 aromatic heterocycles. The molecule has 118 valence electrons. The van der Waals surface area contributed by atoms with Gasteiger partial charge in [-0.05, 0) is 38.1 Å². The molecule has 1 saturated heterocycles. The third-order valence-electron chi connectivity index (χ3n) is 3.07. The van der Waals surface area contributed by atoms with Crippen molar-refractivity contribution in [3.63, 3.8) is 0 Å². The topological polar surface area (TPSA) is 101 Å². The van der Waals surface area contributed by atoms with Crippen molar-refractivity contribution < 1.29 is 13.3 Å². The molecule has 1 aliphatic rings. The Morgan fingerprint density at radius 1 is 1.33 bits per heavy atom. The molecule has 7 nitrogen and oxygen atoms in total. The summed E-state index contributed by atoms with van der Waals surface area (Å²) in [6, 6.07) is 3.72. The molecule has 21 heavy (non-hydrogen) atoms. The second-order valence-electron chi connectivity index (χ2n) is 4.51. The van der Waals surface area contributed by atoms with Crippen LogP contribution in [0, 0.1) is 10.1 Å². The monoisotopic (exact) mass is 399 g/mol. The molecule has 2 N–H and O–H groups in total. The van der Waals surface area contributed by atoms with Crippen LogP contribution in [0.15, 0.2) is 27.6 Å². The molecule has 0 spiro atoms. The first-order valence-corrected chi connectivity index (χ1v) is 8.35. The molecule has 1 aromatic carbocycles. The zero-order valence-electron chi connectivity index (χ0n) is 10.9. The Kier molecular flexibility index (Phi) is 6.54. The van der Waals surface area contributed by atoms with Crippen LogP contribution in [0.25, 0.3) is 0 Å².